The summed E-state index contributed by atoms with van der Waals surface area (Å²) in [6.07, 6.45) is 5.83. The lowest BCUT2D eigenvalue weighted by molar-refractivity contribution is -0.127. The minimum absolute atomic E-state index is 0.191. The molecule has 7 heteroatoms. The number of ketones is 1. The molecule has 3 aromatic carbocycles. The zero-order valence-corrected chi connectivity index (χ0v) is 27.6. The monoisotopic (exact) mass is 617 g/mol. The van der Waals surface area contributed by atoms with Gasteiger partial charge >= 0.3 is 6.03 Å². The fourth-order valence-corrected chi connectivity index (χ4v) is 7.33. The number of carbonyl (C=O) groups is 2. The highest BCUT2D eigenvalue weighted by Crippen LogP contribution is 2.48. The van der Waals surface area contributed by atoms with Crippen LogP contribution in [0.4, 0.5) is 16.3 Å². The predicted molar refractivity (Wildman–Crippen MR) is 186 cm³/mol. The van der Waals surface area contributed by atoms with Crippen LogP contribution < -0.4 is 16.0 Å². The molecule has 2 fully saturated rings. The van der Waals surface area contributed by atoms with E-state index in [1.807, 2.05) is 61.5 Å². The topological polar surface area (TPSA) is 88.1 Å². The molecule has 7 nitrogen and oxygen atoms in total. The molecule has 0 bridgehead atoms. The van der Waals surface area contributed by atoms with Gasteiger partial charge in [-0.2, -0.15) is 5.10 Å². The maximum absolute atomic E-state index is 14.9. The summed E-state index contributed by atoms with van der Waals surface area (Å²) in [7, 11) is 0. The second kappa shape index (κ2) is 13.2. The lowest BCUT2D eigenvalue weighted by Gasteiger charge is -2.37. The first kappa shape index (κ1) is 31.7. The summed E-state index contributed by atoms with van der Waals surface area (Å²) < 4.78 is 1.78. The van der Waals surface area contributed by atoms with Gasteiger partial charge in [0.15, 0.2) is 5.78 Å². The number of piperidine rings is 1. The summed E-state index contributed by atoms with van der Waals surface area (Å²) in [6.45, 7) is 10.2. The smallest absolute Gasteiger partial charge is 0.317 e. The Balaban J connectivity index is 1.28. The highest BCUT2D eigenvalue weighted by atomic mass is 16.2. The van der Waals surface area contributed by atoms with Crippen molar-refractivity contribution >= 4 is 23.3 Å². The van der Waals surface area contributed by atoms with Gasteiger partial charge in [0, 0.05) is 23.1 Å². The number of benzene rings is 3. The van der Waals surface area contributed by atoms with E-state index in [1.165, 1.54) is 0 Å². The number of nitrogens with zero attached hydrogens (tertiary/aromatic N) is 2. The van der Waals surface area contributed by atoms with Gasteiger partial charge in [0.2, 0.25) is 0 Å². The van der Waals surface area contributed by atoms with E-state index < -0.39 is 5.41 Å². The molecule has 46 heavy (non-hydrogen) atoms. The third-order valence-corrected chi connectivity index (χ3v) is 9.89. The van der Waals surface area contributed by atoms with Gasteiger partial charge in [0.1, 0.15) is 5.82 Å². The van der Waals surface area contributed by atoms with Crippen LogP contribution in [0.2, 0.25) is 0 Å². The average Bonchev–Trinajstić information content (AvgIpc) is 3.72. The lowest BCUT2D eigenvalue weighted by atomic mass is 9.65. The summed E-state index contributed by atoms with van der Waals surface area (Å²) in [5.74, 6) is 0.943. The molecule has 1 aromatic heterocycles. The zero-order valence-electron chi connectivity index (χ0n) is 27.6. The molecule has 0 radical (unpaired) electrons. The van der Waals surface area contributed by atoms with Gasteiger partial charge in [0.05, 0.1) is 16.8 Å². The molecule has 1 aliphatic heterocycles. The van der Waals surface area contributed by atoms with Gasteiger partial charge in [0.25, 0.3) is 0 Å². The Morgan fingerprint density at radius 2 is 1.59 bits per heavy atom. The zero-order chi connectivity index (χ0) is 32.3. The van der Waals surface area contributed by atoms with Crippen molar-refractivity contribution in [2.75, 3.05) is 23.7 Å². The Hall–Kier alpha value is -4.23. The van der Waals surface area contributed by atoms with E-state index in [9.17, 15) is 9.59 Å². The summed E-state index contributed by atoms with van der Waals surface area (Å²) >= 11 is 0. The second-order valence-electron chi connectivity index (χ2n) is 14.2. The van der Waals surface area contributed by atoms with Crippen LogP contribution in [-0.2, 0) is 15.6 Å². The van der Waals surface area contributed by atoms with Gasteiger partial charge in [-0.15, -0.1) is 0 Å². The normalized spacial score (nSPS) is 17.4. The van der Waals surface area contributed by atoms with E-state index in [0.29, 0.717) is 17.3 Å². The first-order chi connectivity index (χ1) is 22.1. The number of aryl methyl sites for hydroxylation is 1. The minimum atomic E-state index is -0.462. The molecule has 1 unspecified atom stereocenters. The van der Waals surface area contributed by atoms with Crippen molar-refractivity contribution in [1.29, 1.82) is 0 Å². The quantitative estimate of drug-likeness (QED) is 0.186. The molecular formula is C39H47N5O2. The van der Waals surface area contributed by atoms with Crippen LogP contribution in [0.5, 0.6) is 0 Å². The number of carbonyl (C=O) groups excluding carboxylic acids is 2. The van der Waals surface area contributed by atoms with Crippen molar-refractivity contribution in [2.24, 2.45) is 5.92 Å². The van der Waals surface area contributed by atoms with Crippen LogP contribution in [0.1, 0.15) is 87.6 Å². The van der Waals surface area contributed by atoms with Crippen molar-refractivity contribution < 1.29 is 9.59 Å². The van der Waals surface area contributed by atoms with Crippen LogP contribution in [0.25, 0.3) is 5.69 Å². The summed E-state index contributed by atoms with van der Waals surface area (Å²) in [6, 6.07) is 28.0. The number of rotatable bonds is 8. The van der Waals surface area contributed by atoms with Crippen molar-refractivity contribution in [3.63, 3.8) is 0 Å². The highest BCUT2D eigenvalue weighted by molar-refractivity contribution is 6.00. The van der Waals surface area contributed by atoms with Crippen LogP contribution in [-0.4, -0.2) is 34.7 Å². The molecule has 1 saturated carbocycles. The van der Waals surface area contributed by atoms with Gasteiger partial charge in [-0.25, -0.2) is 9.48 Å². The Morgan fingerprint density at radius 3 is 2.26 bits per heavy atom. The van der Waals surface area contributed by atoms with Crippen molar-refractivity contribution in [1.82, 2.24) is 15.1 Å². The molecule has 2 amide bonds. The van der Waals surface area contributed by atoms with E-state index in [4.69, 9.17) is 5.10 Å². The third kappa shape index (κ3) is 6.66. The molecule has 6 rings (SSSR count). The van der Waals surface area contributed by atoms with Crippen LogP contribution in [0.15, 0.2) is 84.9 Å². The first-order valence-electron chi connectivity index (χ1n) is 16.8. The van der Waals surface area contributed by atoms with E-state index in [0.717, 1.165) is 79.7 Å². The van der Waals surface area contributed by atoms with Gasteiger partial charge < -0.3 is 10.6 Å². The van der Waals surface area contributed by atoms with Gasteiger partial charge in [-0.1, -0.05) is 93.8 Å². The van der Waals surface area contributed by atoms with E-state index in [2.05, 4.69) is 67.1 Å². The molecule has 1 aliphatic carbocycles. The molecule has 1 atom stereocenters. The maximum Gasteiger partial charge on any atom is 0.324 e. The summed E-state index contributed by atoms with van der Waals surface area (Å²) in [4.78, 5) is 28.4. The number of amides is 2. The van der Waals surface area contributed by atoms with Crippen LogP contribution in [0, 0.1) is 12.8 Å². The second-order valence-corrected chi connectivity index (χ2v) is 14.2. The summed E-state index contributed by atoms with van der Waals surface area (Å²) in [5, 5.41) is 14.4. The number of nitrogens with one attached hydrogen (secondary N) is 3. The number of aromatic nitrogens is 2. The molecule has 3 N–H and O–H groups in total. The number of Topliss-reactive ketones (excluding diaryl/α,β-unsaturated/α-hetero) is 1. The Bertz CT molecular complexity index is 1660. The predicted octanol–water partition coefficient (Wildman–Crippen LogP) is 8.29. The Morgan fingerprint density at radius 1 is 0.891 bits per heavy atom. The first-order valence-corrected chi connectivity index (χ1v) is 16.8. The van der Waals surface area contributed by atoms with E-state index in [-0.39, 0.29) is 23.3 Å². The molecule has 2 aliphatic rings. The maximum atomic E-state index is 14.9. The standard InChI is InChI=1S/C39H47N5O2/c1-27-15-17-32(18-16-27)44-34(26-33(43-44)38(2,3)4)42-37(46)41-31-14-10-11-29(25-31)35(28-19-23-40-24-20-28)36(45)39(21-8-9-22-39)30-12-6-5-7-13-30/h5-7,10-18,25-26,28,35,40H,8-9,19-24H2,1-4H3,(H2,41,42,46). The molecule has 0 spiro atoms. The largest absolute Gasteiger partial charge is 0.324 e. The number of urea groups is 1. The fraction of sp³-hybridized carbons (Fsp3) is 0.410. The molecular weight excluding hydrogens is 570 g/mol. The number of hydrogen-bond donors (Lipinski definition) is 3. The molecule has 4 aromatic rings. The fourth-order valence-electron chi connectivity index (χ4n) is 7.33. The Kier molecular flexibility index (Phi) is 9.14. The minimum Gasteiger partial charge on any atom is -0.317 e. The lowest BCUT2D eigenvalue weighted by Crippen LogP contribution is -2.42. The Labute approximate surface area is 273 Å². The van der Waals surface area contributed by atoms with Gasteiger partial charge in [-0.05, 0) is 87.0 Å². The number of anilines is 2. The number of hydrogen-bond acceptors (Lipinski definition) is 4. The molecule has 1 saturated heterocycles. The average molecular weight is 618 g/mol. The van der Waals surface area contributed by atoms with Crippen molar-refractivity contribution in [3.8, 4) is 5.69 Å². The molecule has 240 valence electrons. The highest BCUT2D eigenvalue weighted by Gasteiger charge is 2.47. The van der Waals surface area contributed by atoms with E-state index in [1.54, 1.807) is 4.68 Å². The van der Waals surface area contributed by atoms with Gasteiger partial charge in [-0.3, -0.25) is 10.1 Å². The SMILES string of the molecule is Cc1ccc(-n2nc(C(C)(C)C)cc2NC(=O)Nc2cccc(C(C(=O)C3(c4ccccc4)CCCC3)C3CCNCC3)c2)cc1. The van der Waals surface area contributed by atoms with Crippen LogP contribution in [0.3, 0.4) is 0 Å². The third-order valence-electron chi connectivity index (χ3n) is 9.89. The van der Waals surface area contributed by atoms with E-state index >= 15 is 0 Å². The van der Waals surface area contributed by atoms with Crippen molar-refractivity contribution in [3.05, 3.63) is 107 Å². The molecule has 2 heterocycles. The van der Waals surface area contributed by atoms with Crippen molar-refractivity contribution in [2.45, 2.75) is 83.0 Å². The van der Waals surface area contributed by atoms with Crippen LogP contribution >= 0.6 is 0 Å². The summed E-state index contributed by atoms with van der Waals surface area (Å²) in [5.41, 5.74) is 5.05.